The van der Waals surface area contributed by atoms with Crippen LogP contribution in [0.5, 0.6) is 0 Å². The molecule has 0 spiro atoms. The third-order valence-corrected chi connectivity index (χ3v) is 7.08. The molecular formula is C18H23N3O3S. The minimum atomic E-state index is -3.71. The Morgan fingerprint density at radius 2 is 1.96 bits per heavy atom. The molecule has 1 aromatic rings. The summed E-state index contributed by atoms with van der Waals surface area (Å²) in [6, 6.07) is 8.23. The Labute approximate surface area is 149 Å². The van der Waals surface area contributed by atoms with Gasteiger partial charge in [0.2, 0.25) is 15.9 Å². The maximum absolute atomic E-state index is 13.1. The Balaban J connectivity index is 1.80. The van der Waals surface area contributed by atoms with Gasteiger partial charge in [-0.3, -0.25) is 4.79 Å². The molecule has 0 radical (unpaired) electrons. The van der Waals surface area contributed by atoms with Crippen molar-refractivity contribution in [1.29, 1.82) is 5.26 Å². The predicted molar refractivity (Wildman–Crippen MR) is 93.1 cm³/mol. The zero-order valence-corrected chi connectivity index (χ0v) is 15.0. The summed E-state index contributed by atoms with van der Waals surface area (Å²) in [4.78, 5) is 13.7. The van der Waals surface area contributed by atoms with Crippen LogP contribution in [0.25, 0.3) is 0 Å². The quantitative estimate of drug-likeness (QED) is 0.804. The highest BCUT2D eigenvalue weighted by atomic mass is 32.2. The number of piperidine rings is 1. The zero-order valence-electron chi connectivity index (χ0n) is 14.2. The fourth-order valence-electron chi connectivity index (χ4n) is 3.73. The van der Waals surface area contributed by atoms with Crippen LogP contribution in [0.4, 0.5) is 0 Å². The number of nitriles is 1. The van der Waals surface area contributed by atoms with E-state index in [0.29, 0.717) is 25.9 Å². The molecule has 2 saturated heterocycles. The minimum absolute atomic E-state index is 0.0849. The third-order valence-electron chi connectivity index (χ3n) is 5.07. The van der Waals surface area contributed by atoms with Crippen molar-refractivity contribution in [3.05, 3.63) is 29.8 Å². The first kappa shape index (κ1) is 17.9. The number of amides is 1. The van der Waals surface area contributed by atoms with Crippen LogP contribution < -0.4 is 0 Å². The van der Waals surface area contributed by atoms with Crippen LogP contribution in [0, 0.1) is 11.3 Å². The second-order valence-electron chi connectivity index (χ2n) is 6.65. The summed E-state index contributed by atoms with van der Waals surface area (Å²) in [5.41, 5.74) is 0.182. The summed E-state index contributed by atoms with van der Waals surface area (Å²) in [5, 5.41) is 9.24. The number of likely N-dealkylation sites (tertiary alicyclic amines) is 1. The molecule has 2 aliphatic rings. The van der Waals surface area contributed by atoms with Gasteiger partial charge in [-0.05, 0) is 37.8 Å². The average Bonchev–Trinajstić information content (AvgIpc) is 3.05. The molecule has 0 aromatic heterocycles. The van der Waals surface area contributed by atoms with Gasteiger partial charge in [0.05, 0.1) is 10.5 Å². The standard InChI is InChI=1S/C18H23N3O3S/c19-14-15-6-1-2-8-17(15)25(23,24)21-12-4-3-7-16(21)10-13-20-11-5-9-18(20)22/h1-2,6,8,16H,3-5,7,9-13H2. The first-order chi connectivity index (χ1) is 12.0. The van der Waals surface area contributed by atoms with Crippen LogP contribution in [0.15, 0.2) is 29.2 Å². The summed E-state index contributed by atoms with van der Waals surface area (Å²) in [7, 11) is -3.71. The van der Waals surface area contributed by atoms with E-state index >= 15 is 0 Å². The highest BCUT2D eigenvalue weighted by Crippen LogP contribution is 2.29. The maximum atomic E-state index is 13.1. The number of carbonyl (C=O) groups excluding carboxylic acids is 1. The molecular weight excluding hydrogens is 338 g/mol. The van der Waals surface area contributed by atoms with Gasteiger partial charge < -0.3 is 4.90 Å². The average molecular weight is 361 g/mol. The molecule has 0 bridgehead atoms. The van der Waals surface area contributed by atoms with E-state index in [0.717, 1.165) is 32.2 Å². The van der Waals surface area contributed by atoms with Crippen LogP contribution >= 0.6 is 0 Å². The van der Waals surface area contributed by atoms with Crippen LogP contribution in [-0.2, 0) is 14.8 Å². The fourth-order valence-corrected chi connectivity index (χ4v) is 5.60. The topological polar surface area (TPSA) is 81.5 Å². The van der Waals surface area contributed by atoms with Gasteiger partial charge in [-0.15, -0.1) is 0 Å². The molecule has 2 aliphatic heterocycles. The van der Waals surface area contributed by atoms with Crippen molar-refractivity contribution in [2.24, 2.45) is 0 Å². The lowest BCUT2D eigenvalue weighted by molar-refractivity contribution is -0.127. The molecule has 0 saturated carbocycles. The molecule has 134 valence electrons. The Bertz CT molecular complexity index is 785. The van der Waals surface area contributed by atoms with E-state index in [-0.39, 0.29) is 22.4 Å². The number of sulfonamides is 1. The lowest BCUT2D eigenvalue weighted by Crippen LogP contribution is -2.45. The molecule has 1 unspecified atom stereocenters. The van der Waals surface area contributed by atoms with Gasteiger partial charge in [-0.25, -0.2) is 8.42 Å². The molecule has 2 heterocycles. The van der Waals surface area contributed by atoms with E-state index in [4.69, 9.17) is 0 Å². The number of carbonyl (C=O) groups is 1. The molecule has 1 aromatic carbocycles. The van der Waals surface area contributed by atoms with E-state index < -0.39 is 10.0 Å². The number of hydrogen-bond acceptors (Lipinski definition) is 4. The number of benzene rings is 1. The Morgan fingerprint density at radius 1 is 1.16 bits per heavy atom. The molecule has 6 nitrogen and oxygen atoms in total. The largest absolute Gasteiger partial charge is 0.343 e. The van der Waals surface area contributed by atoms with Crippen LogP contribution in [0.1, 0.15) is 44.1 Å². The first-order valence-electron chi connectivity index (χ1n) is 8.83. The van der Waals surface area contributed by atoms with E-state index in [1.165, 1.54) is 12.1 Å². The summed E-state index contributed by atoms with van der Waals surface area (Å²) >= 11 is 0. The highest BCUT2D eigenvalue weighted by molar-refractivity contribution is 7.89. The van der Waals surface area contributed by atoms with Gasteiger partial charge in [0, 0.05) is 32.1 Å². The molecule has 1 amide bonds. The lowest BCUT2D eigenvalue weighted by Gasteiger charge is -2.35. The van der Waals surface area contributed by atoms with Crippen LogP contribution in [0.3, 0.4) is 0 Å². The van der Waals surface area contributed by atoms with Crippen LogP contribution in [-0.4, -0.2) is 49.2 Å². The van der Waals surface area contributed by atoms with Crippen molar-refractivity contribution < 1.29 is 13.2 Å². The third kappa shape index (κ3) is 3.70. The van der Waals surface area contributed by atoms with Gasteiger partial charge in [0.1, 0.15) is 6.07 Å². The van der Waals surface area contributed by atoms with E-state index in [2.05, 4.69) is 0 Å². The summed E-state index contributed by atoms with van der Waals surface area (Å²) in [6.45, 7) is 1.85. The molecule has 7 heteroatoms. The number of nitrogens with zero attached hydrogens (tertiary/aromatic N) is 3. The van der Waals surface area contributed by atoms with E-state index in [1.807, 2.05) is 11.0 Å². The maximum Gasteiger partial charge on any atom is 0.244 e. The number of rotatable bonds is 5. The number of hydrogen-bond donors (Lipinski definition) is 0. The van der Waals surface area contributed by atoms with Gasteiger partial charge in [-0.2, -0.15) is 9.57 Å². The molecule has 25 heavy (non-hydrogen) atoms. The second-order valence-corrected chi connectivity index (χ2v) is 8.51. The Morgan fingerprint density at radius 3 is 2.68 bits per heavy atom. The predicted octanol–water partition coefficient (Wildman–Crippen LogP) is 2.11. The lowest BCUT2D eigenvalue weighted by atomic mass is 10.0. The summed E-state index contributed by atoms with van der Waals surface area (Å²) in [5.74, 6) is 0.167. The smallest absolute Gasteiger partial charge is 0.244 e. The van der Waals surface area contributed by atoms with Crippen molar-refractivity contribution in [1.82, 2.24) is 9.21 Å². The molecule has 2 fully saturated rings. The SMILES string of the molecule is N#Cc1ccccc1S(=O)(=O)N1CCCCC1CCN1CCCC1=O. The molecule has 1 atom stereocenters. The Kier molecular flexibility index (Phi) is 5.40. The normalized spacial score (nSPS) is 22.1. The molecule has 0 aliphatic carbocycles. The minimum Gasteiger partial charge on any atom is -0.343 e. The first-order valence-corrected chi connectivity index (χ1v) is 10.3. The van der Waals surface area contributed by atoms with E-state index in [9.17, 15) is 18.5 Å². The molecule has 3 rings (SSSR count). The van der Waals surface area contributed by atoms with Gasteiger partial charge in [-0.1, -0.05) is 18.6 Å². The van der Waals surface area contributed by atoms with Crippen LogP contribution in [0.2, 0.25) is 0 Å². The van der Waals surface area contributed by atoms with Crippen molar-refractivity contribution in [2.45, 2.75) is 49.5 Å². The Hall–Kier alpha value is -1.91. The molecule has 0 N–H and O–H groups in total. The van der Waals surface area contributed by atoms with E-state index in [1.54, 1.807) is 16.4 Å². The van der Waals surface area contributed by atoms with Gasteiger partial charge >= 0.3 is 0 Å². The zero-order chi connectivity index (χ0) is 17.9. The van der Waals surface area contributed by atoms with Crippen molar-refractivity contribution in [3.8, 4) is 6.07 Å². The fraction of sp³-hybridized carbons (Fsp3) is 0.556. The van der Waals surface area contributed by atoms with Crippen molar-refractivity contribution in [3.63, 3.8) is 0 Å². The van der Waals surface area contributed by atoms with Gasteiger partial charge in [0.25, 0.3) is 0 Å². The van der Waals surface area contributed by atoms with Crippen molar-refractivity contribution >= 4 is 15.9 Å². The van der Waals surface area contributed by atoms with Gasteiger partial charge in [0.15, 0.2) is 0 Å². The highest BCUT2D eigenvalue weighted by Gasteiger charge is 2.35. The second kappa shape index (κ2) is 7.54. The summed E-state index contributed by atoms with van der Waals surface area (Å²) < 4.78 is 27.8. The van der Waals surface area contributed by atoms with Crippen molar-refractivity contribution in [2.75, 3.05) is 19.6 Å². The monoisotopic (exact) mass is 361 g/mol. The summed E-state index contributed by atoms with van der Waals surface area (Å²) in [6.07, 6.45) is 4.76.